The third kappa shape index (κ3) is 3.25. The Morgan fingerprint density at radius 3 is 2.24 bits per heavy atom. The van der Waals surface area contributed by atoms with Gasteiger partial charge in [-0.15, -0.1) is 0 Å². The normalized spacial score (nSPS) is 10.2. The molecule has 0 heterocycles. The van der Waals surface area contributed by atoms with Crippen molar-refractivity contribution in [3.05, 3.63) is 53.1 Å². The Morgan fingerprint density at radius 1 is 1.05 bits per heavy atom. The van der Waals surface area contributed by atoms with Gasteiger partial charge in [-0.2, -0.15) is 0 Å². The second-order valence-electron chi connectivity index (χ2n) is 4.59. The number of hydrogen-bond donors (Lipinski definition) is 2. The van der Waals surface area contributed by atoms with Crippen LogP contribution in [0, 0.1) is 0 Å². The lowest BCUT2D eigenvalue weighted by atomic mass is 10.0. The highest BCUT2D eigenvalue weighted by Gasteiger charge is 2.09. The minimum absolute atomic E-state index is 0.117. The van der Waals surface area contributed by atoms with E-state index >= 15 is 0 Å². The van der Waals surface area contributed by atoms with Crippen molar-refractivity contribution >= 4 is 11.7 Å². The van der Waals surface area contributed by atoms with Gasteiger partial charge in [0, 0.05) is 5.69 Å². The number of aromatic carboxylic acids is 1. The highest BCUT2D eigenvalue weighted by atomic mass is 16.5. The van der Waals surface area contributed by atoms with Gasteiger partial charge in [-0.25, -0.2) is 4.79 Å². The van der Waals surface area contributed by atoms with Crippen molar-refractivity contribution < 1.29 is 19.4 Å². The molecule has 0 atom stereocenters. The van der Waals surface area contributed by atoms with Crippen LogP contribution in [0.15, 0.2) is 36.4 Å². The van der Waals surface area contributed by atoms with E-state index in [1.807, 2.05) is 18.2 Å². The van der Waals surface area contributed by atoms with Crippen LogP contribution in [-0.2, 0) is 6.42 Å². The number of rotatable bonds is 5. The summed E-state index contributed by atoms with van der Waals surface area (Å²) in [6, 6.07) is 10.6. The molecule has 0 spiro atoms. The summed E-state index contributed by atoms with van der Waals surface area (Å²) in [6.07, 6.45) is 0.629. The summed E-state index contributed by atoms with van der Waals surface area (Å²) in [6.45, 7) is 0. The molecule has 0 aliphatic rings. The fourth-order valence-electron chi connectivity index (χ4n) is 2.14. The molecule has 21 heavy (non-hydrogen) atoms. The molecule has 0 radical (unpaired) electrons. The van der Waals surface area contributed by atoms with Gasteiger partial charge in [0.15, 0.2) is 11.5 Å². The van der Waals surface area contributed by atoms with E-state index in [1.54, 1.807) is 26.4 Å². The molecule has 5 nitrogen and oxygen atoms in total. The number of carboxylic acids is 1. The molecule has 5 heteroatoms. The number of ether oxygens (including phenoxy) is 2. The first kappa shape index (κ1) is 14.7. The largest absolute Gasteiger partial charge is 0.493 e. The summed E-state index contributed by atoms with van der Waals surface area (Å²) < 4.78 is 10.5. The van der Waals surface area contributed by atoms with E-state index in [9.17, 15) is 4.79 Å². The van der Waals surface area contributed by atoms with E-state index in [2.05, 4.69) is 0 Å². The lowest BCUT2D eigenvalue weighted by Gasteiger charge is -2.10. The van der Waals surface area contributed by atoms with Gasteiger partial charge < -0.3 is 20.3 Å². The monoisotopic (exact) mass is 287 g/mol. The first-order valence-electron chi connectivity index (χ1n) is 6.37. The highest BCUT2D eigenvalue weighted by Crippen LogP contribution is 2.28. The fourth-order valence-corrected chi connectivity index (χ4v) is 2.14. The molecule has 0 amide bonds. The van der Waals surface area contributed by atoms with Crippen LogP contribution < -0.4 is 15.2 Å². The quantitative estimate of drug-likeness (QED) is 0.826. The molecule has 2 rings (SSSR count). The highest BCUT2D eigenvalue weighted by molar-refractivity contribution is 5.93. The van der Waals surface area contributed by atoms with Crippen LogP contribution in [0.25, 0.3) is 0 Å². The van der Waals surface area contributed by atoms with Crippen molar-refractivity contribution in [2.75, 3.05) is 20.0 Å². The molecule has 0 unspecified atom stereocenters. The second kappa shape index (κ2) is 6.17. The first-order valence-corrected chi connectivity index (χ1v) is 6.37. The van der Waals surface area contributed by atoms with Gasteiger partial charge in [0.25, 0.3) is 0 Å². The van der Waals surface area contributed by atoms with Crippen molar-refractivity contribution in [1.82, 2.24) is 0 Å². The minimum atomic E-state index is -1.02. The third-order valence-corrected chi connectivity index (χ3v) is 3.20. The molecule has 3 N–H and O–H groups in total. The smallest absolute Gasteiger partial charge is 0.337 e. The van der Waals surface area contributed by atoms with Crippen molar-refractivity contribution in [3.8, 4) is 11.5 Å². The molecule has 110 valence electrons. The van der Waals surface area contributed by atoms with Gasteiger partial charge in [0.05, 0.1) is 19.8 Å². The fraction of sp³-hybridized carbons (Fsp3) is 0.188. The molecule has 0 aromatic heterocycles. The second-order valence-corrected chi connectivity index (χ2v) is 4.59. The number of carboxylic acid groups (broad SMARTS) is 1. The summed E-state index contributed by atoms with van der Waals surface area (Å²) >= 11 is 0. The summed E-state index contributed by atoms with van der Waals surface area (Å²) in [4.78, 5) is 10.9. The van der Waals surface area contributed by atoms with E-state index in [0.717, 1.165) is 11.1 Å². The zero-order chi connectivity index (χ0) is 15.4. The molecule has 0 aliphatic heterocycles. The molecule has 2 aromatic rings. The summed E-state index contributed by atoms with van der Waals surface area (Å²) in [7, 11) is 3.17. The van der Waals surface area contributed by atoms with Gasteiger partial charge >= 0.3 is 5.97 Å². The number of hydrogen-bond acceptors (Lipinski definition) is 4. The number of nitrogen functional groups attached to an aromatic ring is 1. The average molecular weight is 287 g/mol. The van der Waals surface area contributed by atoms with Gasteiger partial charge in [0.1, 0.15) is 0 Å². The molecule has 0 bridgehead atoms. The van der Waals surface area contributed by atoms with E-state index in [-0.39, 0.29) is 11.3 Å². The van der Waals surface area contributed by atoms with Crippen LogP contribution in [0.3, 0.4) is 0 Å². The molecule has 0 aliphatic carbocycles. The lowest BCUT2D eigenvalue weighted by molar-refractivity contribution is 0.0698. The zero-order valence-electron chi connectivity index (χ0n) is 11.9. The summed E-state index contributed by atoms with van der Waals surface area (Å²) in [5.74, 6) is 0.303. The number of methoxy groups -OCH3 is 2. The van der Waals surface area contributed by atoms with Crippen molar-refractivity contribution in [3.63, 3.8) is 0 Å². The topological polar surface area (TPSA) is 81.8 Å². The molecular weight excluding hydrogens is 270 g/mol. The zero-order valence-corrected chi connectivity index (χ0v) is 11.9. The summed E-state index contributed by atoms with van der Waals surface area (Å²) in [5, 5.41) is 8.96. The van der Waals surface area contributed by atoms with Crippen LogP contribution >= 0.6 is 0 Å². The predicted octanol–water partition coefficient (Wildman–Crippen LogP) is 2.58. The number of anilines is 1. The van der Waals surface area contributed by atoms with Gasteiger partial charge in [0.2, 0.25) is 0 Å². The minimum Gasteiger partial charge on any atom is -0.493 e. The Kier molecular flexibility index (Phi) is 4.33. The van der Waals surface area contributed by atoms with Gasteiger partial charge in [-0.1, -0.05) is 12.1 Å². The maximum Gasteiger partial charge on any atom is 0.337 e. The first-order chi connectivity index (χ1) is 10.0. The van der Waals surface area contributed by atoms with Crippen LogP contribution in [-0.4, -0.2) is 25.3 Å². The Labute approximate surface area is 122 Å². The maximum absolute atomic E-state index is 10.9. The SMILES string of the molecule is COc1ccc(Cc2ccc(C(=O)O)c(N)c2)cc1OC. The van der Waals surface area contributed by atoms with Crippen LogP contribution in [0.1, 0.15) is 21.5 Å². The Hall–Kier alpha value is -2.69. The standard InChI is InChI=1S/C16H17NO4/c1-20-14-6-4-11(9-15(14)21-2)7-10-3-5-12(16(18)19)13(17)8-10/h3-6,8-9H,7,17H2,1-2H3,(H,18,19). The molecule has 0 fully saturated rings. The Balaban J connectivity index is 2.26. The van der Waals surface area contributed by atoms with Gasteiger partial charge in [-0.05, 0) is 41.8 Å². The summed E-state index contributed by atoms with van der Waals surface area (Å²) in [5.41, 5.74) is 8.09. The molecular formula is C16H17NO4. The third-order valence-electron chi connectivity index (χ3n) is 3.20. The molecule has 2 aromatic carbocycles. The Bertz CT molecular complexity index is 667. The number of carbonyl (C=O) groups is 1. The van der Waals surface area contributed by atoms with Crippen molar-refractivity contribution in [2.45, 2.75) is 6.42 Å². The Morgan fingerprint density at radius 2 is 1.67 bits per heavy atom. The van der Waals surface area contributed by atoms with E-state index in [4.69, 9.17) is 20.3 Å². The van der Waals surface area contributed by atoms with E-state index in [0.29, 0.717) is 17.9 Å². The lowest BCUT2D eigenvalue weighted by Crippen LogP contribution is -2.03. The van der Waals surface area contributed by atoms with E-state index in [1.165, 1.54) is 6.07 Å². The number of nitrogens with two attached hydrogens (primary N) is 1. The molecule has 0 saturated carbocycles. The maximum atomic E-state index is 10.9. The van der Waals surface area contributed by atoms with Crippen molar-refractivity contribution in [2.24, 2.45) is 0 Å². The van der Waals surface area contributed by atoms with Crippen LogP contribution in [0.2, 0.25) is 0 Å². The predicted molar refractivity (Wildman–Crippen MR) is 80.2 cm³/mol. The average Bonchev–Trinajstić information content (AvgIpc) is 2.46. The number of benzene rings is 2. The van der Waals surface area contributed by atoms with Gasteiger partial charge in [-0.3, -0.25) is 0 Å². The van der Waals surface area contributed by atoms with Crippen LogP contribution in [0.5, 0.6) is 11.5 Å². The molecule has 0 saturated heterocycles. The van der Waals surface area contributed by atoms with Crippen molar-refractivity contribution in [1.29, 1.82) is 0 Å². The van der Waals surface area contributed by atoms with E-state index < -0.39 is 5.97 Å². The van der Waals surface area contributed by atoms with Crippen LogP contribution in [0.4, 0.5) is 5.69 Å².